The Bertz CT molecular complexity index is 1030. The molecule has 124 valence electrons. The van der Waals surface area contributed by atoms with E-state index < -0.39 is 15.6 Å². The highest BCUT2D eigenvalue weighted by Crippen LogP contribution is 2.09. The quantitative estimate of drug-likeness (QED) is 0.697. The molecule has 0 saturated heterocycles. The first-order chi connectivity index (χ1) is 11.5. The van der Waals surface area contributed by atoms with Crippen LogP contribution in [0, 0.1) is 6.92 Å². The largest absolute Gasteiger partial charge is 0.308 e. The van der Waals surface area contributed by atoms with Gasteiger partial charge in [0.2, 0.25) is 10.0 Å². The van der Waals surface area contributed by atoms with Crippen LogP contribution in [0.2, 0.25) is 0 Å². The zero-order valence-corrected chi connectivity index (χ0v) is 13.7. The number of nitrogens with zero attached hydrogens (tertiary/aromatic N) is 3. The second kappa shape index (κ2) is 6.46. The van der Waals surface area contributed by atoms with Crippen molar-refractivity contribution in [3.63, 3.8) is 0 Å². The van der Waals surface area contributed by atoms with Crippen molar-refractivity contribution in [2.24, 2.45) is 0 Å². The Kier molecular flexibility index (Phi) is 4.36. The summed E-state index contributed by atoms with van der Waals surface area (Å²) in [6.07, 6.45) is 3.08. The fourth-order valence-corrected chi connectivity index (χ4v) is 3.17. The number of aromatic amines is 1. The van der Waals surface area contributed by atoms with Crippen LogP contribution in [0.25, 0.3) is 11.2 Å². The minimum Gasteiger partial charge on any atom is -0.308 e. The first-order valence-electron chi connectivity index (χ1n) is 7.22. The highest BCUT2D eigenvalue weighted by atomic mass is 32.2. The second-order valence-corrected chi connectivity index (χ2v) is 6.97. The Labute approximate surface area is 138 Å². The molecular weight excluding hydrogens is 330 g/mol. The summed E-state index contributed by atoms with van der Waals surface area (Å²) in [5, 5.41) is 0. The summed E-state index contributed by atoms with van der Waals surface area (Å²) in [5.74, 6) is 0.347. The number of H-pyrrole nitrogens is 1. The van der Waals surface area contributed by atoms with Crippen molar-refractivity contribution >= 4 is 21.2 Å². The van der Waals surface area contributed by atoms with Crippen LogP contribution in [-0.4, -0.2) is 34.9 Å². The molecule has 0 fully saturated rings. The maximum absolute atomic E-state index is 12.2. The molecule has 0 atom stereocenters. The van der Waals surface area contributed by atoms with Crippen molar-refractivity contribution in [3.05, 3.63) is 58.4 Å². The number of hydrogen-bond donors (Lipinski definition) is 2. The fraction of sp³-hybridized carbons (Fsp3) is 0.200. The predicted octanol–water partition coefficient (Wildman–Crippen LogP) is 0.543. The number of sulfonamides is 1. The summed E-state index contributed by atoms with van der Waals surface area (Å²) in [6, 6.07) is 6.55. The monoisotopic (exact) mass is 345 g/mol. The van der Waals surface area contributed by atoms with Crippen molar-refractivity contribution in [2.75, 3.05) is 6.54 Å². The van der Waals surface area contributed by atoms with Gasteiger partial charge in [0.05, 0.1) is 4.90 Å². The second-order valence-electron chi connectivity index (χ2n) is 5.20. The third-order valence-corrected chi connectivity index (χ3v) is 4.85. The summed E-state index contributed by atoms with van der Waals surface area (Å²) in [4.78, 5) is 26.7. The fourth-order valence-electron chi connectivity index (χ4n) is 2.14. The van der Waals surface area contributed by atoms with E-state index in [1.165, 1.54) is 12.4 Å². The normalized spacial score (nSPS) is 11.7. The first kappa shape index (κ1) is 16.2. The summed E-state index contributed by atoms with van der Waals surface area (Å²) in [7, 11) is -3.60. The Hall–Kier alpha value is -2.65. The Morgan fingerprint density at radius 3 is 2.58 bits per heavy atom. The topological polar surface area (TPSA) is 118 Å². The summed E-state index contributed by atoms with van der Waals surface area (Å²) < 4.78 is 26.9. The maximum Gasteiger partial charge on any atom is 0.279 e. The molecule has 0 radical (unpaired) electrons. The molecule has 9 heteroatoms. The van der Waals surface area contributed by atoms with Crippen LogP contribution in [-0.2, 0) is 16.4 Å². The molecule has 2 N–H and O–H groups in total. The van der Waals surface area contributed by atoms with Crippen LogP contribution in [0.1, 0.15) is 11.4 Å². The minimum atomic E-state index is -3.60. The van der Waals surface area contributed by atoms with Gasteiger partial charge in [-0.05, 0) is 19.1 Å². The maximum atomic E-state index is 12.2. The van der Waals surface area contributed by atoms with Gasteiger partial charge >= 0.3 is 0 Å². The third-order valence-electron chi connectivity index (χ3n) is 3.38. The summed E-state index contributed by atoms with van der Waals surface area (Å²) in [5.41, 5.74) is 0.969. The van der Waals surface area contributed by atoms with Gasteiger partial charge in [-0.25, -0.2) is 28.1 Å². The highest BCUT2D eigenvalue weighted by molar-refractivity contribution is 7.89. The number of nitrogens with one attached hydrogen (secondary N) is 2. The van der Waals surface area contributed by atoms with Gasteiger partial charge in [-0.3, -0.25) is 4.79 Å². The number of fused-ring (bicyclic) bond motifs is 1. The van der Waals surface area contributed by atoms with Crippen molar-refractivity contribution < 1.29 is 8.42 Å². The van der Waals surface area contributed by atoms with Crippen molar-refractivity contribution in [1.29, 1.82) is 0 Å². The van der Waals surface area contributed by atoms with Crippen LogP contribution in [0.4, 0.5) is 0 Å². The number of benzene rings is 1. The SMILES string of the molecule is Cc1ccc(S(=O)(=O)NCCc2nc3nccnc3c(=O)[nH]2)cc1. The van der Waals surface area contributed by atoms with E-state index in [1.807, 2.05) is 6.92 Å². The van der Waals surface area contributed by atoms with E-state index >= 15 is 0 Å². The molecular formula is C15H15N5O3S. The van der Waals surface area contributed by atoms with E-state index in [4.69, 9.17) is 0 Å². The lowest BCUT2D eigenvalue weighted by atomic mass is 10.2. The molecule has 24 heavy (non-hydrogen) atoms. The molecule has 3 aromatic rings. The van der Waals surface area contributed by atoms with Crippen LogP contribution in [0.15, 0.2) is 46.3 Å². The molecule has 0 aliphatic rings. The highest BCUT2D eigenvalue weighted by Gasteiger charge is 2.13. The molecule has 3 rings (SSSR count). The van der Waals surface area contributed by atoms with Gasteiger partial charge in [0.25, 0.3) is 5.56 Å². The van der Waals surface area contributed by atoms with E-state index in [2.05, 4.69) is 24.7 Å². The first-order valence-corrected chi connectivity index (χ1v) is 8.70. The Balaban J connectivity index is 1.72. The van der Waals surface area contributed by atoms with Crippen molar-refractivity contribution in [3.8, 4) is 0 Å². The van der Waals surface area contributed by atoms with E-state index in [1.54, 1.807) is 24.3 Å². The van der Waals surface area contributed by atoms with Gasteiger partial charge in [0.1, 0.15) is 5.82 Å². The molecule has 0 unspecified atom stereocenters. The van der Waals surface area contributed by atoms with Gasteiger partial charge in [-0.2, -0.15) is 0 Å². The third kappa shape index (κ3) is 3.47. The van der Waals surface area contributed by atoms with Crippen LogP contribution in [0.5, 0.6) is 0 Å². The molecule has 0 bridgehead atoms. The van der Waals surface area contributed by atoms with E-state index in [0.29, 0.717) is 5.82 Å². The van der Waals surface area contributed by atoms with E-state index in [9.17, 15) is 13.2 Å². The summed E-state index contributed by atoms with van der Waals surface area (Å²) in [6.45, 7) is 1.99. The van der Waals surface area contributed by atoms with Gasteiger partial charge in [0, 0.05) is 25.4 Å². The minimum absolute atomic E-state index is 0.102. The van der Waals surface area contributed by atoms with Crippen molar-refractivity contribution in [1.82, 2.24) is 24.7 Å². The lowest BCUT2D eigenvalue weighted by Crippen LogP contribution is -2.27. The molecule has 0 saturated carbocycles. The molecule has 8 nitrogen and oxygen atoms in total. The zero-order valence-electron chi connectivity index (χ0n) is 12.9. The number of aromatic nitrogens is 4. The number of aryl methyl sites for hydroxylation is 1. The van der Waals surface area contributed by atoms with E-state index in [-0.39, 0.29) is 29.0 Å². The Morgan fingerprint density at radius 2 is 1.83 bits per heavy atom. The van der Waals surface area contributed by atoms with Crippen LogP contribution < -0.4 is 10.3 Å². The average Bonchev–Trinajstić information content (AvgIpc) is 2.55. The van der Waals surface area contributed by atoms with Crippen molar-refractivity contribution in [2.45, 2.75) is 18.2 Å². The van der Waals surface area contributed by atoms with E-state index in [0.717, 1.165) is 5.56 Å². The zero-order chi connectivity index (χ0) is 17.2. The van der Waals surface area contributed by atoms with Crippen LogP contribution in [0.3, 0.4) is 0 Å². The lowest BCUT2D eigenvalue weighted by Gasteiger charge is -2.07. The standard InChI is InChI=1S/C15H15N5O3S/c1-10-2-4-11(5-3-10)24(22,23)18-7-6-12-19-14-13(15(21)20-12)16-8-9-17-14/h2-5,8-9,18H,6-7H2,1H3,(H,17,19,20,21). The molecule has 0 aliphatic carbocycles. The molecule has 0 spiro atoms. The van der Waals surface area contributed by atoms with Crippen LogP contribution >= 0.6 is 0 Å². The number of hydrogen-bond acceptors (Lipinski definition) is 6. The predicted molar refractivity (Wildman–Crippen MR) is 88.0 cm³/mol. The van der Waals surface area contributed by atoms with Gasteiger partial charge in [-0.1, -0.05) is 17.7 Å². The average molecular weight is 345 g/mol. The number of rotatable bonds is 5. The lowest BCUT2D eigenvalue weighted by molar-refractivity contribution is 0.581. The molecule has 1 aromatic carbocycles. The van der Waals surface area contributed by atoms with Gasteiger partial charge < -0.3 is 4.98 Å². The molecule has 0 amide bonds. The molecule has 2 heterocycles. The molecule has 0 aliphatic heterocycles. The van der Waals surface area contributed by atoms with Gasteiger partial charge in [0.15, 0.2) is 11.2 Å². The summed E-state index contributed by atoms with van der Waals surface area (Å²) >= 11 is 0. The van der Waals surface area contributed by atoms with Gasteiger partial charge in [-0.15, -0.1) is 0 Å². The smallest absolute Gasteiger partial charge is 0.279 e. The molecule has 2 aromatic heterocycles. The Morgan fingerprint density at radius 1 is 1.12 bits per heavy atom.